The molecule has 0 aliphatic carbocycles. The molecule has 2 atom stereocenters. The van der Waals surface area contributed by atoms with E-state index in [0.717, 1.165) is 11.8 Å². The molecule has 0 saturated carbocycles. The molecule has 4 bridgehead atoms. The number of aromatic nitrogens is 3. The zero-order valence-electron chi connectivity index (χ0n) is 16.5. The van der Waals surface area contributed by atoms with Crippen LogP contribution in [-0.4, -0.2) is 68.7 Å². The molecule has 1 fully saturated rings. The first-order valence-corrected chi connectivity index (χ1v) is 10.1. The second kappa shape index (κ2) is 8.78. The molecule has 1 saturated heterocycles. The largest absolute Gasteiger partial charge is 0.493 e. The molecule has 2 aromatic rings. The molecule has 9 nitrogen and oxygen atoms in total. The number of aliphatic hydroxyl groups is 1. The standard InChI is InChI=1S/C20H24FN5O4/c21-13-2-4-18-15(10-13)20(29)22-16-6-8-25(12-17(16)27)19(28)5-3-14-11-26(24-23-14)7-1-9-30-18/h2,4,10-11,16-17,27H,1,3,5-9,12H2,(H,22,29)/t16-,17-/m1/s1. The first-order valence-electron chi connectivity index (χ1n) is 10.1. The highest BCUT2D eigenvalue weighted by molar-refractivity contribution is 5.97. The molecule has 5 rings (SSSR count). The zero-order chi connectivity index (χ0) is 21.1. The van der Waals surface area contributed by atoms with Crippen LogP contribution in [0, 0.1) is 5.82 Å². The van der Waals surface area contributed by atoms with Crippen molar-refractivity contribution in [2.24, 2.45) is 0 Å². The maximum Gasteiger partial charge on any atom is 0.255 e. The van der Waals surface area contributed by atoms with Crippen LogP contribution >= 0.6 is 0 Å². The number of carbonyl (C=O) groups excluding carboxylic acids is 2. The Hall–Kier alpha value is -3.01. The number of nitrogens with one attached hydrogen (secondary N) is 1. The molecule has 2 N–H and O–H groups in total. The van der Waals surface area contributed by atoms with Crippen molar-refractivity contribution < 1.29 is 23.8 Å². The summed E-state index contributed by atoms with van der Waals surface area (Å²) in [7, 11) is 0. The van der Waals surface area contributed by atoms with Crippen LogP contribution in [0.1, 0.15) is 35.3 Å². The third-order valence-corrected chi connectivity index (χ3v) is 5.41. The molecule has 160 valence electrons. The highest BCUT2D eigenvalue weighted by atomic mass is 19.1. The van der Waals surface area contributed by atoms with Crippen molar-refractivity contribution in [1.29, 1.82) is 0 Å². The number of aryl methyl sites for hydroxylation is 2. The Morgan fingerprint density at radius 2 is 2.10 bits per heavy atom. The van der Waals surface area contributed by atoms with Gasteiger partial charge in [-0.15, -0.1) is 5.10 Å². The molecule has 2 amide bonds. The van der Waals surface area contributed by atoms with E-state index in [9.17, 15) is 19.1 Å². The zero-order valence-corrected chi connectivity index (χ0v) is 16.5. The molecule has 3 aliphatic rings. The van der Waals surface area contributed by atoms with E-state index in [1.807, 2.05) is 0 Å². The minimum absolute atomic E-state index is 0.0738. The number of amides is 2. The van der Waals surface area contributed by atoms with E-state index in [1.54, 1.807) is 15.8 Å². The van der Waals surface area contributed by atoms with Gasteiger partial charge in [0.15, 0.2) is 0 Å². The number of aliphatic hydroxyl groups excluding tert-OH is 1. The molecule has 1 aromatic heterocycles. The number of benzene rings is 1. The monoisotopic (exact) mass is 417 g/mol. The van der Waals surface area contributed by atoms with Gasteiger partial charge in [0, 0.05) is 45.1 Å². The molecule has 4 heterocycles. The van der Waals surface area contributed by atoms with Crippen molar-refractivity contribution in [3.63, 3.8) is 0 Å². The van der Waals surface area contributed by atoms with E-state index >= 15 is 0 Å². The van der Waals surface area contributed by atoms with Crippen LogP contribution in [0.15, 0.2) is 24.4 Å². The Morgan fingerprint density at radius 1 is 1.23 bits per heavy atom. The maximum atomic E-state index is 13.8. The topological polar surface area (TPSA) is 110 Å². The van der Waals surface area contributed by atoms with Crippen molar-refractivity contribution in [3.8, 4) is 5.75 Å². The molecular formula is C20H24FN5O4. The normalized spacial score (nSPS) is 23.2. The Labute approximate surface area is 172 Å². The number of nitrogens with zero attached hydrogens (tertiary/aromatic N) is 4. The number of rotatable bonds is 0. The number of carbonyl (C=O) groups is 2. The van der Waals surface area contributed by atoms with Crippen LogP contribution < -0.4 is 10.1 Å². The van der Waals surface area contributed by atoms with E-state index < -0.39 is 23.9 Å². The van der Waals surface area contributed by atoms with Gasteiger partial charge in [-0.25, -0.2) is 4.39 Å². The minimum atomic E-state index is -0.913. The van der Waals surface area contributed by atoms with Gasteiger partial charge in [0.1, 0.15) is 11.6 Å². The molecule has 3 aliphatic heterocycles. The summed E-state index contributed by atoms with van der Waals surface area (Å²) in [5.74, 6) is -0.868. The van der Waals surface area contributed by atoms with Gasteiger partial charge in [-0.3, -0.25) is 14.3 Å². The Kier molecular flexibility index (Phi) is 5.93. The van der Waals surface area contributed by atoms with Gasteiger partial charge < -0.3 is 20.1 Å². The SMILES string of the molecule is O=C1N[C@@H]2CCN(C[C@H]2O)C(=O)CCc2cn(nn2)CCCOc2ccc(F)cc21. The van der Waals surface area contributed by atoms with Crippen LogP contribution in [-0.2, 0) is 17.8 Å². The van der Waals surface area contributed by atoms with Crippen LogP contribution in [0.4, 0.5) is 4.39 Å². The fraction of sp³-hybridized carbons (Fsp3) is 0.500. The third-order valence-electron chi connectivity index (χ3n) is 5.41. The van der Waals surface area contributed by atoms with Gasteiger partial charge >= 0.3 is 0 Å². The fourth-order valence-electron chi connectivity index (χ4n) is 3.74. The van der Waals surface area contributed by atoms with E-state index in [0.29, 0.717) is 39.0 Å². The summed E-state index contributed by atoms with van der Waals surface area (Å²) in [5.41, 5.74) is 0.804. The molecular weight excluding hydrogens is 393 g/mol. The first-order chi connectivity index (χ1) is 14.5. The van der Waals surface area contributed by atoms with Gasteiger partial charge in [-0.1, -0.05) is 5.21 Å². The van der Waals surface area contributed by atoms with Gasteiger partial charge in [-0.05, 0) is 24.6 Å². The van der Waals surface area contributed by atoms with E-state index in [4.69, 9.17) is 4.74 Å². The molecule has 1 aromatic carbocycles. The first kappa shape index (κ1) is 20.3. The summed E-state index contributed by atoms with van der Waals surface area (Å²) < 4.78 is 21.2. The number of ether oxygens (including phenoxy) is 1. The van der Waals surface area contributed by atoms with Crippen LogP contribution in [0.5, 0.6) is 5.75 Å². The van der Waals surface area contributed by atoms with Gasteiger partial charge in [0.05, 0.1) is 30.0 Å². The average molecular weight is 417 g/mol. The lowest BCUT2D eigenvalue weighted by Gasteiger charge is -2.36. The summed E-state index contributed by atoms with van der Waals surface area (Å²) in [6.45, 7) is 1.41. The van der Waals surface area contributed by atoms with Gasteiger partial charge in [-0.2, -0.15) is 0 Å². The summed E-state index contributed by atoms with van der Waals surface area (Å²) >= 11 is 0. The highest BCUT2D eigenvalue weighted by Gasteiger charge is 2.32. The molecule has 30 heavy (non-hydrogen) atoms. The van der Waals surface area contributed by atoms with Crippen LogP contribution in [0.3, 0.4) is 0 Å². The number of hydrogen-bond acceptors (Lipinski definition) is 6. The highest BCUT2D eigenvalue weighted by Crippen LogP contribution is 2.22. The molecule has 0 radical (unpaired) electrons. The van der Waals surface area contributed by atoms with Gasteiger partial charge in [0.25, 0.3) is 5.91 Å². The quantitative estimate of drug-likeness (QED) is 0.647. The lowest BCUT2D eigenvalue weighted by atomic mass is 10.0. The molecule has 0 unspecified atom stereocenters. The van der Waals surface area contributed by atoms with E-state index in [-0.39, 0.29) is 30.2 Å². The summed E-state index contributed by atoms with van der Waals surface area (Å²) in [4.78, 5) is 26.9. The second-order valence-corrected chi connectivity index (χ2v) is 7.59. The van der Waals surface area contributed by atoms with E-state index in [1.165, 1.54) is 12.1 Å². The Balaban J connectivity index is 1.57. The predicted molar refractivity (Wildman–Crippen MR) is 103 cm³/mol. The summed E-state index contributed by atoms with van der Waals surface area (Å²) in [5, 5.41) is 21.4. The minimum Gasteiger partial charge on any atom is -0.493 e. The average Bonchev–Trinajstić information content (AvgIpc) is 3.18. The van der Waals surface area contributed by atoms with E-state index in [2.05, 4.69) is 15.6 Å². The third kappa shape index (κ3) is 4.59. The van der Waals surface area contributed by atoms with Crippen molar-refractivity contribution in [2.75, 3.05) is 19.7 Å². The number of halogens is 1. The number of piperidine rings is 1. The summed E-state index contributed by atoms with van der Waals surface area (Å²) in [6, 6.07) is 3.25. The van der Waals surface area contributed by atoms with Crippen molar-refractivity contribution in [3.05, 3.63) is 41.5 Å². The maximum absolute atomic E-state index is 13.8. The van der Waals surface area contributed by atoms with Crippen LogP contribution in [0.2, 0.25) is 0 Å². The van der Waals surface area contributed by atoms with Crippen molar-refractivity contribution in [2.45, 2.75) is 44.4 Å². The fourth-order valence-corrected chi connectivity index (χ4v) is 3.74. The Bertz CT molecular complexity index is 934. The Morgan fingerprint density at radius 3 is 2.93 bits per heavy atom. The summed E-state index contributed by atoms with van der Waals surface area (Å²) in [6.07, 6.45) is 2.65. The lowest BCUT2D eigenvalue weighted by molar-refractivity contribution is -0.134. The predicted octanol–water partition coefficient (Wildman–Crippen LogP) is 0.524. The smallest absolute Gasteiger partial charge is 0.255 e. The molecule has 10 heteroatoms. The number of fused-ring (bicyclic) bond motifs is 8. The van der Waals surface area contributed by atoms with Gasteiger partial charge in [0.2, 0.25) is 5.91 Å². The second-order valence-electron chi connectivity index (χ2n) is 7.59. The van der Waals surface area contributed by atoms with Crippen molar-refractivity contribution >= 4 is 11.8 Å². The van der Waals surface area contributed by atoms with Crippen molar-refractivity contribution in [1.82, 2.24) is 25.2 Å². The molecule has 0 spiro atoms. The lowest BCUT2D eigenvalue weighted by Crippen LogP contribution is -2.55. The van der Waals surface area contributed by atoms with Crippen LogP contribution in [0.25, 0.3) is 0 Å². The number of hydrogen-bond donors (Lipinski definition) is 2.